The van der Waals surface area contributed by atoms with Gasteiger partial charge in [0.1, 0.15) is 6.10 Å². The monoisotopic (exact) mass is 318 g/mol. The Bertz CT molecular complexity index is 567. The first-order chi connectivity index (χ1) is 10.8. The van der Waals surface area contributed by atoms with E-state index in [1.165, 1.54) is 5.57 Å². The van der Waals surface area contributed by atoms with Gasteiger partial charge in [0, 0.05) is 0 Å². The van der Waals surface area contributed by atoms with Gasteiger partial charge in [-0.3, -0.25) is 4.79 Å². The topological polar surface area (TPSA) is 57.5 Å². The normalized spacial score (nSPS) is 55.7. The number of ketones is 1. The summed E-state index contributed by atoms with van der Waals surface area (Å²) in [7, 11) is 0. The molecule has 3 nitrogen and oxygen atoms in total. The molecule has 3 heteroatoms. The Morgan fingerprint density at radius 2 is 1.87 bits per heavy atom. The number of aliphatic hydroxyl groups excluding tert-OH is 2. The molecule has 0 aliphatic heterocycles. The van der Waals surface area contributed by atoms with Crippen LogP contribution in [0.15, 0.2) is 11.6 Å². The van der Waals surface area contributed by atoms with Crippen LogP contribution in [-0.2, 0) is 4.79 Å². The molecule has 0 saturated heterocycles. The van der Waals surface area contributed by atoms with Gasteiger partial charge in [0.2, 0.25) is 0 Å². The Labute approximate surface area is 139 Å². The predicted octanol–water partition coefficient (Wildman–Crippen LogP) is 3.10. The number of hydrogen-bond acceptors (Lipinski definition) is 3. The zero-order valence-electron chi connectivity index (χ0n) is 14.6. The summed E-state index contributed by atoms with van der Waals surface area (Å²) in [6.07, 6.45) is 6.83. The molecule has 3 fully saturated rings. The molecule has 128 valence electrons. The van der Waals surface area contributed by atoms with Crippen molar-refractivity contribution in [2.24, 2.45) is 34.5 Å². The summed E-state index contributed by atoms with van der Waals surface area (Å²) in [5.74, 6) is 2.10. The minimum absolute atomic E-state index is 0.0372. The molecule has 4 rings (SSSR count). The van der Waals surface area contributed by atoms with Crippen LogP contribution in [0, 0.1) is 34.5 Å². The highest BCUT2D eigenvalue weighted by atomic mass is 16.3. The molecule has 0 bridgehead atoms. The Hall–Kier alpha value is -0.670. The zero-order valence-corrected chi connectivity index (χ0v) is 14.6. The molecule has 23 heavy (non-hydrogen) atoms. The average Bonchev–Trinajstić information content (AvgIpc) is 2.78. The van der Waals surface area contributed by atoms with Gasteiger partial charge in [-0.05, 0) is 79.1 Å². The SMILES string of the molecule is CC1C[C@H]2[C@@H]3CC[C@H](O)[C@@]3(C)CC[C@@H]2[C@@]2(C)CC(O)C(=O)C=C12. The third-order valence-corrected chi connectivity index (χ3v) is 8.27. The summed E-state index contributed by atoms with van der Waals surface area (Å²) in [4.78, 5) is 12.0. The van der Waals surface area contributed by atoms with Crippen LogP contribution in [0.4, 0.5) is 0 Å². The maximum Gasteiger partial charge on any atom is 0.184 e. The van der Waals surface area contributed by atoms with E-state index >= 15 is 0 Å². The summed E-state index contributed by atoms with van der Waals surface area (Å²) in [5.41, 5.74) is 1.34. The van der Waals surface area contributed by atoms with Crippen molar-refractivity contribution in [1.82, 2.24) is 0 Å². The Kier molecular flexibility index (Phi) is 3.39. The van der Waals surface area contributed by atoms with Crippen LogP contribution in [0.3, 0.4) is 0 Å². The van der Waals surface area contributed by atoms with Gasteiger partial charge in [-0.15, -0.1) is 0 Å². The van der Waals surface area contributed by atoms with Gasteiger partial charge in [0.25, 0.3) is 0 Å². The third kappa shape index (κ3) is 1.99. The highest BCUT2D eigenvalue weighted by Gasteiger charge is 2.60. The number of rotatable bonds is 0. The Morgan fingerprint density at radius 1 is 1.13 bits per heavy atom. The van der Waals surface area contributed by atoms with Crippen molar-refractivity contribution in [3.05, 3.63) is 11.6 Å². The van der Waals surface area contributed by atoms with Crippen molar-refractivity contribution < 1.29 is 15.0 Å². The lowest BCUT2D eigenvalue weighted by Gasteiger charge is -2.59. The molecule has 0 aromatic rings. The van der Waals surface area contributed by atoms with Crippen LogP contribution >= 0.6 is 0 Å². The van der Waals surface area contributed by atoms with Gasteiger partial charge in [0.15, 0.2) is 5.78 Å². The van der Waals surface area contributed by atoms with E-state index in [1.807, 2.05) is 0 Å². The second kappa shape index (κ2) is 4.92. The fourth-order valence-electron chi connectivity index (χ4n) is 7.02. The molecule has 4 aliphatic rings. The van der Waals surface area contributed by atoms with Crippen LogP contribution in [-0.4, -0.2) is 28.2 Å². The van der Waals surface area contributed by atoms with Gasteiger partial charge >= 0.3 is 0 Å². The van der Waals surface area contributed by atoms with Gasteiger partial charge < -0.3 is 10.2 Å². The van der Waals surface area contributed by atoms with Crippen LogP contribution in [0.25, 0.3) is 0 Å². The molecule has 0 aromatic carbocycles. The minimum atomic E-state index is -0.822. The average molecular weight is 318 g/mol. The van der Waals surface area contributed by atoms with Gasteiger partial charge in [0.05, 0.1) is 6.10 Å². The lowest BCUT2D eigenvalue weighted by Crippen LogP contribution is -2.54. The lowest BCUT2D eigenvalue weighted by atomic mass is 9.45. The molecule has 0 amide bonds. The van der Waals surface area contributed by atoms with Crippen LogP contribution < -0.4 is 0 Å². The highest BCUT2D eigenvalue weighted by Crippen LogP contribution is 2.66. The van der Waals surface area contributed by atoms with E-state index < -0.39 is 6.10 Å². The summed E-state index contributed by atoms with van der Waals surface area (Å²) >= 11 is 0. The largest absolute Gasteiger partial charge is 0.393 e. The summed E-state index contributed by atoms with van der Waals surface area (Å²) in [5, 5.41) is 20.7. The van der Waals surface area contributed by atoms with E-state index in [4.69, 9.17) is 0 Å². The van der Waals surface area contributed by atoms with Crippen molar-refractivity contribution in [3.8, 4) is 0 Å². The summed E-state index contributed by atoms with van der Waals surface area (Å²) < 4.78 is 0. The smallest absolute Gasteiger partial charge is 0.184 e. The van der Waals surface area contributed by atoms with Crippen molar-refractivity contribution in [2.75, 3.05) is 0 Å². The molecule has 3 saturated carbocycles. The summed E-state index contributed by atoms with van der Waals surface area (Å²) in [6.45, 7) is 6.83. The first-order valence-electron chi connectivity index (χ1n) is 9.39. The quantitative estimate of drug-likeness (QED) is 0.721. The second-order valence-corrected chi connectivity index (χ2v) is 9.29. The molecule has 0 radical (unpaired) electrons. The van der Waals surface area contributed by atoms with E-state index in [-0.39, 0.29) is 22.7 Å². The van der Waals surface area contributed by atoms with E-state index in [9.17, 15) is 15.0 Å². The molecular weight excluding hydrogens is 288 g/mol. The fourth-order valence-corrected chi connectivity index (χ4v) is 7.02. The zero-order chi connectivity index (χ0) is 16.6. The van der Waals surface area contributed by atoms with Crippen molar-refractivity contribution >= 4 is 5.78 Å². The van der Waals surface area contributed by atoms with Crippen LogP contribution in [0.5, 0.6) is 0 Å². The molecule has 0 aromatic heterocycles. The van der Waals surface area contributed by atoms with E-state index in [0.29, 0.717) is 30.1 Å². The summed E-state index contributed by atoms with van der Waals surface area (Å²) in [6, 6.07) is 0. The molecule has 2 N–H and O–H groups in total. The number of fused-ring (bicyclic) bond motifs is 5. The number of carbonyl (C=O) groups is 1. The number of carbonyl (C=O) groups excluding carboxylic acids is 1. The van der Waals surface area contributed by atoms with Gasteiger partial charge in [-0.25, -0.2) is 0 Å². The van der Waals surface area contributed by atoms with Crippen LogP contribution in [0.2, 0.25) is 0 Å². The van der Waals surface area contributed by atoms with E-state index in [0.717, 1.165) is 32.1 Å². The Balaban J connectivity index is 1.74. The van der Waals surface area contributed by atoms with Gasteiger partial charge in [-0.2, -0.15) is 0 Å². The van der Waals surface area contributed by atoms with Crippen LogP contribution in [0.1, 0.15) is 59.3 Å². The van der Waals surface area contributed by atoms with Crippen molar-refractivity contribution in [1.29, 1.82) is 0 Å². The molecule has 2 unspecified atom stereocenters. The second-order valence-electron chi connectivity index (χ2n) is 9.29. The van der Waals surface area contributed by atoms with Gasteiger partial charge in [-0.1, -0.05) is 26.3 Å². The molecule has 0 spiro atoms. The molecule has 4 aliphatic carbocycles. The Morgan fingerprint density at radius 3 is 2.61 bits per heavy atom. The van der Waals surface area contributed by atoms with E-state index in [2.05, 4.69) is 20.8 Å². The number of allylic oxidation sites excluding steroid dienone is 1. The van der Waals surface area contributed by atoms with E-state index in [1.54, 1.807) is 6.08 Å². The van der Waals surface area contributed by atoms with Crippen molar-refractivity contribution in [2.45, 2.75) is 71.5 Å². The third-order valence-electron chi connectivity index (χ3n) is 8.27. The molecular formula is C20H30O3. The fraction of sp³-hybridized carbons (Fsp3) is 0.850. The highest BCUT2D eigenvalue weighted by molar-refractivity contribution is 5.95. The lowest BCUT2D eigenvalue weighted by molar-refractivity contribution is -0.130. The first kappa shape index (κ1) is 15.8. The molecule has 8 atom stereocenters. The number of aliphatic hydroxyl groups is 2. The first-order valence-corrected chi connectivity index (χ1v) is 9.39. The maximum absolute atomic E-state index is 12.0. The predicted molar refractivity (Wildman–Crippen MR) is 88.7 cm³/mol. The maximum atomic E-state index is 12.0. The number of hydrogen-bond donors (Lipinski definition) is 2. The van der Waals surface area contributed by atoms with Crippen molar-refractivity contribution in [3.63, 3.8) is 0 Å². The standard InChI is InChI=1S/C20H30O3/c1-11-8-12-13-4-5-18(23)19(13,2)7-6-14(12)20(3)10-17(22)16(21)9-15(11)20/h9,11-14,17-18,22-23H,4-8,10H2,1-3H3/t11?,12-,13-,14-,17?,18-,19-,20+/m0/s1. The minimum Gasteiger partial charge on any atom is -0.393 e. The molecule has 0 heterocycles.